The first-order valence-corrected chi connectivity index (χ1v) is 10.9. The van der Waals surface area contributed by atoms with E-state index < -0.39 is 0 Å². The molecule has 2 aromatic carbocycles. The van der Waals surface area contributed by atoms with Crippen LogP contribution in [0.25, 0.3) is 10.9 Å². The Kier molecular flexibility index (Phi) is 6.25. The van der Waals surface area contributed by atoms with E-state index in [2.05, 4.69) is 31.0 Å². The van der Waals surface area contributed by atoms with E-state index in [0.29, 0.717) is 5.39 Å². The van der Waals surface area contributed by atoms with Crippen molar-refractivity contribution < 1.29 is 19.3 Å². The molecule has 0 saturated carbocycles. The van der Waals surface area contributed by atoms with Gasteiger partial charge in [0.25, 0.3) is 5.56 Å². The lowest BCUT2D eigenvalue weighted by molar-refractivity contribution is -1.03. The summed E-state index contributed by atoms with van der Waals surface area (Å²) in [7, 11) is 3.35. The first kappa shape index (κ1) is 21.3. The molecule has 0 aliphatic carbocycles. The average molecular weight is 425 g/mol. The molecule has 1 aliphatic rings. The number of quaternary nitrogens is 2. The molecule has 1 fully saturated rings. The van der Waals surface area contributed by atoms with Gasteiger partial charge in [-0.3, -0.25) is 4.79 Å². The molecular weight excluding hydrogens is 392 g/mol. The number of aromatic nitrogens is 2. The largest absolute Gasteiger partial charge is 0.493 e. The van der Waals surface area contributed by atoms with Crippen molar-refractivity contribution in [2.24, 2.45) is 0 Å². The normalized spacial score (nSPS) is 19.9. The fourth-order valence-electron chi connectivity index (χ4n) is 4.52. The Balaban J connectivity index is 1.43. The summed E-state index contributed by atoms with van der Waals surface area (Å²) < 4.78 is 10.9. The number of hydrogen-bond donors (Lipinski definition) is 3. The number of methoxy groups -OCH3 is 2. The zero-order chi connectivity index (χ0) is 22.0. The molecule has 7 heteroatoms. The third kappa shape index (κ3) is 4.43. The van der Waals surface area contributed by atoms with E-state index in [-0.39, 0.29) is 11.6 Å². The molecule has 0 radical (unpaired) electrons. The molecule has 4 rings (SSSR count). The van der Waals surface area contributed by atoms with Crippen molar-refractivity contribution >= 4 is 10.9 Å². The minimum atomic E-state index is -0.0555. The maximum Gasteiger partial charge on any atom is 0.258 e. The molecule has 0 bridgehead atoms. The van der Waals surface area contributed by atoms with Crippen LogP contribution in [0.4, 0.5) is 0 Å². The van der Waals surface area contributed by atoms with Gasteiger partial charge >= 0.3 is 0 Å². The molecule has 0 spiro atoms. The van der Waals surface area contributed by atoms with E-state index >= 15 is 0 Å². The third-order valence-corrected chi connectivity index (χ3v) is 6.54. The SMILES string of the molecule is COc1cc(C)c(C[NH+]2CC[NH+]([C@@H](C)c3nc4ccccc4c(=O)[nH]3)CC2)cc1OC. The minimum absolute atomic E-state index is 0.0555. The van der Waals surface area contributed by atoms with Gasteiger partial charge < -0.3 is 24.3 Å². The van der Waals surface area contributed by atoms with Crippen LogP contribution >= 0.6 is 0 Å². The monoisotopic (exact) mass is 424 g/mol. The summed E-state index contributed by atoms with van der Waals surface area (Å²) in [5.41, 5.74) is 3.23. The first-order valence-electron chi connectivity index (χ1n) is 10.9. The van der Waals surface area contributed by atoms with Crippen LogP contribution in [0.1, 0.15) is 29.9 Å². The zero-order valence-electron chi connectivity index (χ0n) is 18.7. The summed E-state index contributed by atoms with van der Waals surface area (Å²) in [5, 5.41) is 0.646. The third-order valence-electron chi connectivity index (χ3n) is 6.54. The topological polar surface area (TPSA) is 73.1 Å². The Labute approximate surface area is 182 Å². The lowest BCUT2D eigenvalue weighted by Gasteiger charge is -2.33. The lowest BCUT2D eigenvalue weighted by atomic mass is 10.1. The zero-order valence-corrected chi connectivity index (χ0v) is 18.7. The Morgan fingerprint density at radius 1 is 1.06 bits per heavy atom. The number of para-hydroxylation sites is 1. The second-order valence-electron chi connectivity index (χ2n) is 8.41. The van der Waals surface area contributed by atoms with Crippen molar-refractivity contribution in [2.45, 2.75) is 26.4 Å². The van der Waals surface area contributed by atoms with Crippen molar-refractivity contribution in [3.05, 3.63) is 63.7 Å². The summed E-state index contributed by atoms with van der Waals surface area (Å²) in [4.78, 5) is 23.2. The molecule has 1 atom stereocenters. The van der Waals surface area contributed by atoms with Crippen molar-refractivity contribution in [3.8, 4) is 11.5 Å². The molecule has 7 nitrogen and oxygen atoms in total. The van der Waals surface area contributed by atoms with Crippen LogP contribution in [0, 0.1) is 6.92 Å². The van der Waals surface area contributed by atoms with E-state index in [1.165, 1.54) is 16.0 Å². The Morgan fingerprint density at radius 3 is 2.45 bits per heavy atom. The van der Waals surface area contributed by atoms with Crippen molar-refractivity contribution in [3.63, 3.8) is 0 Å². The minimum Gasteiger partial charge on any atom is -0.493 e. The number of piperazine rings is 1. The summed E-state index contributed by atoms with van der Waals surface area (Å²) >= 11 is 0. The number of aryl methyl sites for hydroxylation is 1. The predicted molar refractivity (Wildman–Crippen MR) is 120 cm³/mol. The number of ether oxygens (including phenoxy) is 2. The average Bonchev–Trinajstić information content (AvgIpc) is 2.80. The van der Waals surface area contributed by atoms with Gasteiger partial charge in [0.05, 0.1) is 25.1 Å². The number of aromatic amines is 1. The standard InChI is InChI=1S/C24H30N4O3/c1-16-13-21(30-3)22(31-4)14-18(16)15-27-9-11-28(12-10-27)17(2)23-25-20-8-6-5-7-19(20)24(29)26-23/h5-8,13-14,17H,9-12,15H2,1-4H3,(H,25,26,29)/p+2/t17-/m0/s1. The van der Waals surface area contributed by atoms with Gasteiger partial charge in [-0.2, -0.15) is 0 Å². The van der Waals surface area contributed by atoms with Crippen LogP contribution in [0.15, 0.2) is 41.2 Å². The molecule has 3 N–H and O–H groups in total. The fraction of sp³-hybridized carbons (Fsp3) is 0.417. The number of rotatable bonds is 6. The molecule has 164 valence electrons. The summed E-state index contributed by atoms with van der Waals surface area (Å²) in [6.07, 6.45) is 0. The van der Waals surface area contributed by atoms with Crippen molar-refractivity contribution in [2.75, 3.05) is 40.4 Å². The van der Waals surface area contributed by atoms with Gasteiger partial charge in [-0.1, -0.05) is 12.1 Å². The molecule has 3 aromatic rings. The first-order chi connectivity index (χ1) is 15.0. The van der Waals surface area contributed by atoms with Gasteiger partial charge in [-0.05, 0) is 43.7 Å². The molecular formula is C24H32N4O3+2. The molecule has 1 saturated heterocycles. The van der Waals surface area contributed by atoms with E-state index in [1.54, 1.807) is 19.1 Å². The second-order valence-corrected chi connectivity index (χ2v) is 8.41. The van der Waals surface area contributed by atoms with Gasteiger partial charge in [0.1, 0.15) is 38.8 Å². The molecule has 0 amide bonds. The molecule has 1 aliphatic heterocycles. The molecule has 1 aromatic heterocycles. The molecule has 0 unspecified atom stereocenters. The number of benzene rings is 2. The molecule has 31 heavy (non-hydrogen) atoms. The van der Waals surface area contributed by atoms with Crippen LogP contribution < -0.4 is 24.8 Å². The van der Waals surface area contributed by atoms with E-state index in [0.717, 1.165) is 55.6 Å². The number of H-pyrrole nitrogens is 1. The Bertz CT molecular complexity index is 1120. The Morgan fingerprint density at radius 2 is 1.74 bits per heavy atom. The van der Waals surface area contributed by atoms with E-state index in [1.807, 2.05) is 24.3 Å². The Hall–Kier alpha value is -2.90. The predicted octanol–water partition coefficient (Wildman–Crippen LogP) is 0.293. The summed E-state index contributed by atoms with van der Waals surface area (Å²) in [6, 6.07) is 11.8. The quantitative estimate of drug-likeness (QED) is 0.532. The second kappa shape index (κ2) is 9.08. The number of hydrogen-bond acceptors (Lipinski definition) is 4. The highest BCUT2D eigenvalue weighted by Gasteiger charge is 2.29. The van der Waals surface area contributed by atoms with Gasteiger partial charge in [-0.25, -0.2) is 4.98 Å². The van der Waals surface area contributed by atoms with Crippen molar-refractivity contribution in [1.82, 2.24) is 9.97 Å². The van der Waals surface area contributed by atoms with Gasteiger partial charge in [0.15, 0.2) is 17.3 Å². The van der Waals surface area contributed by atoms with Crippen LogP contribution in [0.3, 0.4) is 0 Å². The van der Waals surface area contributed by atoms with Crippen LogP contribution in [0.5, 0.6) is 11.5 Å². The number of fused-ring (bicyclic) bond motifs is 1. The van der Waals surface area contributed by atoms with E-state index in [4.69, 9.17) is 14.5 Å². The highest BCUT2D eigenvalue weighted by molar-refractivity contribution is 5.77. The maximum absolute atomic E-state index is 12.4. The summed E-state index contributed by atoms with van der Waals surface area (Å²) in [6.45, 7) is 9.49. The highest BCUT2D eigenvalue weighted by Crippen LogP contribution is 2.29. The lowest BCUT2D eigenvalue weighted by Crippen LogP contribution is -3.27. The van der Waals surface area contributed by atoms with Crippen molar-refractivity contribution in [1.29, 1.82) is 0 Å². The van der Waals surface area contributed by atoms with Gasteiger partial charge in [0.2, 0.25) is 0 Å². The van der Waals surface area contributed by atoms with Crippen LogP contribution in [-0.4, -0.2) is 50.4 Å². The number of nitrogens with zero attached hydrogens (tertiary/aromatic N) is 1. The van der Waals surface area contributed by atoms with Gasteiger partial charge in [0, 0.05) is 5.56 Å². The highest BCUT2D eigenvalue weighted by atomic mass is 16.5. The fourth-order valence-corrected chi connectivity index (χ4v) is 4.52. The smallest absolute Gasteiger partial charge is 0.258 e. The maximum atomic E-state index is 12.4. The van der Waals surface area contributed by atoms with E-state index in [9.17, 15) is 4.79 Å². The van der Waals surface area contributed by atoms with Crippen LogP contribution in [-0.2, 0) is 6.54 Å². The van der Waals surface area contributed by atoms with Gasteiger partial charge in [-0.15, -0.1) is 0 Å². The summed E-state index contributed by atoms with van der Waals surface area (Å²) in [5.74, 6) is 2.34. The molecule has 2 heterocycles. The van der Waals surface area contributed by atoms with Crippen LogP contribution in [0.2, 0.25) is 0 Å². The number of nitrogens with one attached hydrogen (secondary N) is 3.